The van der Waals surface area contributed by atoms with Crippen molar-refractivity contribution in [3.63, 3.8) is 0 Å². The molecule has 0 unspecified atom stereocenters. The van der Waals surface area contributed by atoms with Gasteiger partial charge >= 0.3 is 0 Å². The molecule has 0 bridgehead atoms. The molecule has 1 amide bonds. The highest BCUT2D eigenvalue weighted by Crippen LogP contribution is 2.20. The quantitative estimate of drug-likeness (QED) is 0.567. The van der Waals surface area contributed by atoms with E-state index in [1.54, 1.807) is 35.8 Å². The van der Waals surface area contributed by atoms with Crippen molar-refractivity contribution in [3.8, 4) is 11.3 Å². The normalized spacial score (nSPS) is 11.0. The van der Waals surface area contributed by atoms with Crippen LogP contribution in [0.15, 0.2) is 52.9 Å². The smallest absolute Gasteiger partial charge is 0.272 e. The second-order valence-electron chi connectivity index (χ2n) is 4.39. The Morgan fingerprint density at radius 1 is 1.32 bits per heavy atom. The third-order valence-corrected chi connectivity index (χ3v) is 3.92. The summed E-state index contributed by atoms with van der Waals surface area (Å²) in [4.78, 5) is 12.9. The van der Waals surface area contributed by atoms with Gasteiger partial charge in [-0.25, -0.2) is 5.43 Å². The lowest BCUT2D eigenvalue weighted by atomic mass is 10.1. The third kappa shape index (κ3) is 3.41. The largest absolute Gasteiger partial charge is 0.289 e. The second kappa shape index (κ2) is 6.55. The number of nitrogens with one attached hydrogen (secondary N) is 2. The van der Waals surface area contributed by atoms with Crippen LogP contribution in [0.5, 0.6) is 0 Å². The Labute approximate surface area is 135 Å². The maximum Gasteiger partial charge on any atom is 0.289 e. The molecule has 0 aliphatic heterocycles. The van der Waals surface area contributed by atoms with E-state index in [-0.39, 0.29) is 5.91 Å². The van der Waals surface area contributed by atoms with Gasteiger partial charge in [-0.3, -0.25) is 9.89 Å². The summed E-state index contributed by atoms with van der Waals surface area (Å²) in [5.74, 6) is -0.347. The summed E-state index contributed by atoms with van der Waals surface area (Å²) in [5.41, 5.74) is 4.34. The molecule has 22 heavy (non-hydrogen) atoms. The van der Waals surface area contributed by atoms with Gasteiger partial charge in [0.05, 0.1) is 11.9 Å². The second-order valence-corrected chi connectivity index (χ2v) is 5.80. The van der Waals surface area contributed by atoms with Crippen LogP contribution in [0.4, 0.5) is 0 Å². The average Bonchev–Trinajstić information content (AvgIpc) is 3.19. The van der Waals surface area contributed by atoms with Crippen molar-refractivity contribution < 1.29 is 4.79 Å². The average molecular weight is 331 g/mol. The Morgan fingerprint density at radius 3 is 2.86 bits per heavy atom. The number of rotatable bonds is 4. The van der Waals surface area contributed by atoms with Gasteiger partial charge < -0.3 is 0 Å². The SMILES string of the molecule is O=C(N/N=C\c1cccs1)c1cc(-c2ccc(Cl)cc2)n[nH]1. The van der Waals surface area contributed by atoms with Gasteiger partial charge in [0.1, 0.15) is 5.69 Å². The van der Waals surface area contributed by atoms with Crippen molar-refractivity contribution in [2.24, 2.45) is 5.10 Å². The van der Waals surface area contributed by atoms with E-state index >= 15 is 0 Å². The van der Waals surface area contributed by atoms with Crippen molar-refractivity contribution in [3.05, 3.63) is 63.4 Å². The first-order valence-corrected chi connectivity index (χ1v) is 7.66. The van der Waals surface area contributed by atoms with Gasteiger partial charge in [-0.05, 0) is 29.6 Å². The maximum atomic E-state index is 12.0. The number of benzene rings is 1. The number of carbonyl (C=O) groups excluding carboxylic acids is 1. The fourth-order valence-electron chi connectivity index (χ4n) is 1.79. The number of nitrogens with zero attached hydrogens (tertiary/aromatic N) is 2. The van der Waals surface area contributed by atoms with E-state index in [2.05, 4.69) is 20.7 Å². The van der Waals surface area contributed by atoms with Gasteiger partial charge in [-0.2, -0.15) is 10.2 Å². The van der Waals surface area contributed by atoms with Gasteiger partial charge in [-0.15, -0.1) is 11.3 Å². The number of thiophene rings is 1. The lowest BCUT2D eigenvalue weighted by Crippen LogP contribution is -2.17. The van der Waals surface area contributed by atoms with Gasteiger partial charge in [0.2, 0.25) is 0 Å². The number of halogens is 1. The van der Waals surface area contributed by atoms with E-state index in [0.29, 0.717) is 16.4 Å². The molecule has 1 aromatic carbocycles. The van der Waals surface area contributed by atoms with E-state index in [1.807, 2.05) is 29.6 Å². The number of hydrogen-bond acceptors (Lipinski definition) is 4. The summed E-state index contributed by atoms with van der Waals surface area (Å²) in [6, 6.07) is 12.7. The van der Waals surface area contributed by atoms with Crippen LogP contribution >= 0.6 is 22.9 Å². The first kappa shape index (κ1) is 14.5. The van der Waals surface area contributed by atoms with Crippen LogP contribution in [0.2, 0.25) is 5.02 Å². The molecule has 0 aliphatic rings. The zero-order valence-corrected chi connectivity index (χ0v) is 12.9. The van der Waals surface area contributed by atoms with Gasteiger partial charge in [0.25, 0.3) is 5.91 Å². The maximum absolute atomic E-state index is 12.0. The molecular weight excluding hydrogens is 320 g/mol. The molecule has 0 fully saturated rings. The molecule has 3 rings (SSSR count). The standard InChI is InChI=1S/C15H11ClN4OS/c16-11-5-3-10(4-6-11)13-8-14(19-18-13)15(21)20-17-9-12-2-1-7-22-12/h1-9H,(H,18,19)(H,20,21)/b17-9-. The van der Waals surface area contributed by atoms with Crippen LogP contribution in [0.1, 0.15) is 15.4 Å². The Morgan fingerprint density at radius 2 is 2.14 bits per heavy atom. The molecule has 2 heterocycles. The molecule has 7 heteroatoms. The molecule has 0 saturated carbocycles. The Kier molecular flexibility index (Phi) is 4.32. The molecule has 110 valence electrons. The van der Waals surface area contributed by atoms with Crippen LogP contribution < -0.4 is 5.43 Å². The van der Waals surface area contributed by atoms with Crippen molar-refractivity contribution in [2.45, 2.75) is 0 Å². The third-order valence-electron chi connectivity index (χ3n) is 2.86. The van der Waals surface area contributed by atoms with Crippen molar-refractivity contribution in [1.29, 1.82) is 0 Å². The van der Waals surface area contributed by atoms with E-state index < -0.39 is 0 Å². The monoisotopic (exact) mass is 330 g/mol. The summed E-state index contributed by atoms with van der Waals surface area (Å²) >= 11 is 7.39. The number of carbonyl (C=O) groups is 1. The van der Waals surface area contributed by atoms with Crippen molar-refractivity contribution in [1.82, 2.24) is 15.6 Å². The lowest BCUT2D eigenvalue weighted by Gasteiger charge is -1.95. The molecule has 0 radical (unpaired) electrons. The number of hydrazone groups is 1. The summed E-state index contributed by atoms with van der Waals surface area (Å²) in [6.07, 6.45) is 1.60. The van der Waals surface area contributed by atoms with Crippen LogP contribution in [-0.2, 0) is 0 Å². The fraction of sp³-hybridized carbons (Fsp3) is 0. The zero-order valence-electron chi connectivity index (χ0n) is 11.3. The predicted molar refractivity (Wildman–Crippen MR) is 88.4 cm³/mol. The first-order valence-electron chi connectivity index (χ1n) is 6.40. The summed E-state index contributed by atoms with van der Waals surface area (Å²) in [5, 5.41) is 13.3. The molecule has 0 atom stereocenters. The van der Waals surface area contributed by atoms with Crippen molar-refractivity contribution >= 4 is 35.1 Å². The minimum atomic E-state index is -0.347. The number of amides is 1. The summed E-state index contributed by atoms with van der Waals surface area (Å²) < 4.78 is 0. The summed E-state index contributed by atoms with van der Waals surface area (Å²) in [6.45, 7) is 0. The van der Waals surface area contributed by atoms with Crippen LogP contribution in [-0.4, -0.2) is 22.3 Å². The molecule has 0 spiro atoms. The molecule has 5 nitrogen and oxygen atoms in total. The fourth-order valence-corrected chi connectivity index (χ4v) is 2.50. The number of aromatic nitrogens is 2. The van der Waals surface area contributed by atoms with Crippen LogP contribution in [0.25, 0.3) is 11.3 Å². The van der Waals surface area contributed by atoms with Crippen LogP contribution in [0, 0.1) is 0 Å². The van der Waals surface area contributed by atoms with Gasteiger partial charge in [0.15, 0.2) is 0 Å². The first-order chi connectivity index (χ1) is 10.7. The number of hydrogen-bond donors (Lipinski definition) is 2. The van der Waals surface area contributed by atoms with Crippen molar-refractivity contribution in [2.75, 3.05) is 0 Å². The minimum Gasteiger partial charge on any atom is -0.272 e. The van der Waals surface area contributed by atoms with E-state index in [9.17, 15) is 4.79 Å². The molecular formula is C15H11ClN4OS. The topological polar surface area (TPSA) is 70.1 Å². The minimum absolute atomic E-state index is 0.341. The number of H-pyrrole nitrogens is 1. The highest BCUT2D eigenvalue weighted by molar-refractivity contribution is 7.11. The predicted octanol–water partition coefficient (Wildman–Crippen LogP) is 3.56. The zero-order chi connectivity index (χ0) is 15.4. The molecule has 0 aliphatic carbocycles. The highest BCUT2D eigenvalue weighted by atomic mass is 35.5. The Hall–Kier alpha value is -2.44. The van der Waals surface area contributed by atoms with Gasteiger partial charge in [0, 0.05) is 15.5 Å². The molecule has 0 saturated heterocycles. The summed E-state index contributed by atoms with van der Waals surface area (Å²) in [7, 11) is 0. The highest BCUT2D eigenvalue weighted by Gasteiger charge is 2.10. The van der Waals surface area contributed by atoms with E-state index in [0.717, 1.165) is 10.4 Å². The molecule has 2 aromatic heterocycles. The van der Waals surface area contributed by atoms with Crippen LogP contribution in [0.3, 0.4) is 0 Å². The van der Waals surface area contributed by atoms with E-state index in [4.69, 9.17) is 11.6 Å². The Balaban J connectivity index is 1.68. The van der Waals surface area contributed by atoms with Gasteiger partial charge in [-0.1, -0.05) is 29.8 Å². The van der Waals surface area contributed by atoms with E-state index in [1.165, 1.54) is 0 Å². The Bertz CT molecular complexity index is 793. The molecule has 3 aromatic rings. The molecule has 2 N–H and O–H groups in total. The lowest BCUT2D eigenvalue weighted by molar-refractivity contribution is 0.0950. The number of aromatic amines is 1.